The molecule has 2 aromatic heterocycles. The van der Waals surface area contributed by atoms with E-state index in [0.717, 1.165) is 25.9 Å². The number of nitrogens with one attached hydrogen (secondary N) is 2. The molecule has 132 valence electrons. The molecular formula is C18H22N4O3. The molecule has 0 atom stereocenters. The Morgan fingerprint density at radius 1 is 1.36 bits per heavy atom. The summed E-state index contributed by atoms with van der Waals surface area (Å²) in [5, 5.41) is 5.97. The molecule has 0 aromatic carbocycles. The molecule has 7 nitrogen and oxygen atoms in total. The van der Waals surface area contributed by atoms with Crippen molar-refractivity contribution in [2.75, 3.05) is 25.5 Å². The van der Waals surface area contributed by atoms with Gasteiger partial charge in [-0.25, -0.2) is 4.98 Å². The minimum atomic E-state index is -0.452. The van der Waals surface area contributed by atoms with Crippen molar-refractivity contribution in [3.8, 4) is 5.75 Å². The van der Waals surface area contributed by atoms with Gasteiger partial charge in [0.15, 0.2) is 0 Å². The summed E-state index contributed by atoms with van der Waals surface area (Å²) >= 11 is 0. The maximum absolute atomic E-state index is 12.9. The molecular weight excluding hydrogens is 320 g/mol. The highest BCUT2D eigenvalue weighted by Gasteiger charge is 2.21. The van der Waals surface area contributed by atoms with Crippen LogP contribution in [0.1, 0.15) is 34.8 Å². The quantitative estimate of drug-likeness (QED) is 0.884. The third-order valence-corrected chi connectivity index (χ3v) is 4.47. The van der Waals surface area contributed by atoms with E-state index < -0.39 is 5.91 Å². The van der Waals surface area contributed by atoms with Gasteiger partial charge < -0.3 is 19.9 Å². The summed E-state index contributed by atoms with van der Waals surface area (Å²) < 4.78 is 6.81. The minimum Gasteiger partial charge on any atom is -0.497 e. The number of hydrogen-bond donors (Lipinski definition) is 2. The maximum Gasteiger partial charge on any atom is 0.263 e. The Bertz CT molecular complexity index is 825. The lowest BCUT2D eigenvalue weighted by Gasteiger charge is -2.25. The number of pyridine rings is 2. The van der Waals surface area contributed by atoms with E-state index in [-0.39, 0.29) is 17.2 Å². The molecule has 7 heteroatoms. The summed E-state index contributed by atoms with van der Waals surface area (Å²) in [4.78, 5) is 29.6. The fourth-order valence-corrected chi connectivity index (χ4v) is 3.07. The number of aromatic nitrogens is 2. The number of aryl methyl sites for hydroxylation is 1. The highest BCUT2D eigenvalue weighted by atomic mass is 16.5. The first-order valence-electron chi connectivity index (χ1n) is 8.34. The number of piperidine rings is 1. The molecule has 0 unspecified atom stereocenters. The van der Waals surface area contributed by atoms with Crippen molar-refractivity contribution in [1.82, 2.24) is 14.9 Å². The van der Waals surface area contributed by atoms with Gasteiger partial charge in [0.2, 0.25) is 0 Å². The second-order valence-corrected chi connectivity index (χ2v) is 6.10. The predicted molar refractivity (Wildman–Crippen MR) is 95.3 cm³/mol. The van der Waals surface area contributed by atoms with Gasteiger partial charge in [-0.3, -0.25) is 9.59 Å². The lowest BCUT2D eigenvalue weighted by molar-refractivity contribution is 0.102. The molecule has 0 bridgehead atoms. The van der Waals surface area contributed by atoms with Gasteiger partial charge in [-0.05, 0) is 50.6 Å². The number of carbonyl (C=O) groups excluding carboxylic acids is 1. The van der Waals surface area contributed by atoms with E-state index in [2.05, 4.69) is 15.6 Å². The van der Waals surface area contributed by atoms with Crippen LogP contribution >= 0.6 is 0 Å². The van der Waals surface area contributed by atoms with Gasteiger partial charge in [0.1, 0.15) is 17.1 Å². The van der Waals surface area contributed by atoms with Crippen LogP contribution in [0.3, 0.4) is 0 Å². The van der Waals surface area contributed by atoms with E-state index in [1.165, 1.54) is 0 Å². The van der Waals surface area contributed by atoms with Crippen molar-refractivity contribution in [3.63, 3.8) is 0 Å². The largest absolute Gasteiger partial charge is 0.497 e. The predicted octanol–water partition coefficient (Wildman–Crippen LogP) is 1.74. The van der Waals surface area contributed by atoms with Crippen LogP contribution in [0.25, 0.3) is 0 Å². The first kappa shape index (κ1) is 17.2. The number of methoxy groups -OCH3 is 1. The zero-order valence-corrected chi connectivity index (χ0v) is 14.4. The van der Waals surface area contributed by atoms with E-state index in [1.54, 1.807) is 43.1 Å². The molecule has 25 heavy (non-hydrogen) atoms. The van der Waals surface area contributed by atoms with Gasteiger partial charge in [-0.2, -0.15) is 0 Å². The molecule has 1 saturated heterocycles. The van der Waals surface area contributed by atoms with E-state index in [1.807, 2.05) is 6.07 Å². The molecule has 1 aliphatic rings. The zero-order chi connectivity index (χ0) is 17.8. The summed E-state index contributed by atoms with van der Waals surface area (Å²) in [7, 11) is 1.54. The Morgan fingerprint density at radius 2 is 2.12 bits per heavy atom. The second kappa shape index (κ2) is 7.48. The van der Waals surface area contributed by atoms with E-state index >= 15 is 0 Å². The highest BCUT2D eigenvalue weighted by Crippen LogP contribution is 2.18. The molecule has 3 heterocycles. The van der Waals surface area contributed by atoms with Gasteiger partial charge in [0, 0.05) is 24.5 Å². The molecule has 0 aliphatic carbocycles. The van der Waals surface area contributed by atoms with Crippen LogP contribution in [0, 0.1) is 6.92 Å². The molecule has 1 amide bonds. The average molecular weight is 342 g/mol. The van der Waals surface area contributed by atoms with Gasteiger partial charge in [0.25, 0.3) is 11.5 Å². The summed E-state index contributed by atoms with van der Waals surface area (Å²) in [6, 6.07) is 5.24. The second-order valence-electron chi connectivity index (χ2n) is 6.10. The number of anilines is 1. The van der Waals surface area contributed by atoms with Crippen molar-refractivity contribution in [2.45, 2.75) is 25.8 Å². The third kappa shape index (κ3) is 3.71. The molecule has 1 fully saturated rings. The number of rotatable bonds is 4. The van der Waals surface area contributed by atoms with Gasteiger partial charge >= 0.3 is 0 Å². The van der Waals surface area contributed by atoms with Crippen LogP contribution in [0.15, 0.2) is 35.4 Å². The summed E-state index contributed by atoms with van der Waals surface area (Å²) in [6.07, 6.45) is 5.08. The van der Waals surface area contributed by atoms with Crippen LogP contribution in [-0.2, 0) is 0 Å². The van der Waals surface area contributed by atoms with Crippen molar-refractivity contribution in [2.24, 2.45) is 0 Å². The average Bonchev–Trinajstić information content (AvgIpc) is 2.62. The molecule has 3 rings (SSSR count). The van der Waals surface area contributed by atoms with Crippen LogP contribution < -0.4 is 20.9 Å². The Labute approximate surface area is 146 Å². The Morgan fingerprint density at radius 3 is 2.84 bits per heavy atom. The molecule has 0 radical (unpaired) electrons. The monoisotopic (exact) mass is 342 g/mol. The molecule has 0 spiro atoms. The fourth-order valence-electron chi connectivity index (χ4n) is 3.07. The SMILES string of the molecule is COc1ccnc(NC(=O)c2c(C)ccn(C3CCNCC3)c2=O)c1. The minimum absolute atomic E-state index is 0.121. The summed E-state index contributed by atoms with van der Waals surface area (Å²) in [5.41, 5.74) is 0.550. The third-order valence-electron chi connectivity index (χ3n) is 4.47. The lowest BCUT2D eigenvalue weighted by Crippen LogP contribution is -2.37. The van der Waals surface area contributed by atoms with Crippen LogP contribution in [-0.4, -0.2) is 35.7 Å². The topological polar surface area (TPSA) is 85.2 Å². The Balaban J connectivity index is 1.90. The standard InChI is InChI=1S/C18H22N4O3/c1-12-6-10-22(13-3-7-19-8-4-13)18(24)16(12)17(23)21-15-11-14(25-2)5-9-20-15/h5-6,9-11,13,19H,3-4,7-8H2,1-2H3,(H,20,21,23). The Kier molecular flexibility index (Phi) is 5.14. The van der Waals surface area contributed by atoms with Crippen molar-refractivity contribution in [1.29, 1.82) is 0 Å². The number of amides is 1. The zero-order valence-electron chi connectivity index (χ0n) is 14.4. The first-order valence-corrected chi connectivity index (χ1v) is 8.34. The van der Waals surface area contributed by atoms with Crippen molar-refractivity contribution >= 4 is 11.7 Å². The smallest absolute Gasteiger partial charge is 0.263 e. The number of hydrogen-bond acceptors (Lipinski definition) is 5. The van der Waals surface area contributed by atoms with Crippen LogP contribution in [0.5, 0.6) is 5.75 Å². The van der Waals surface area contributed by atoms with E-state index in [0.29, 0.717) is 17.1 Å². The van der Waals surface area contributed by atoms with Gasteiger partial charge in [0.05, 0.1) is 7.11 Å². The van der Waals surface area contributed by atoms with E-state index in [9.17, 15) is 9.59 Å². The van der Waals surface area contributed by atoms with Crippen molar-refractivity contribution in [3.05, 3.63) is 52.1 Å². The van der Waals surface area contributed by atoms with Crippen LogP contribution in [0.2, 0.25) is 0 Å². The lowest BCUT2D eigenvalue weighted by atomic mass is 10.0. The first-order chi connectivity index (χ1) is 12.1. The molecule has 2 aromatic rings. The highest BCUT2D eigenvalue weighted by molar-refractivity contribution is 6.04. The number of nitrogens with zero attached hydrogens (tertiary/aromatic N) is 2. The van der Waals surface area contributed by atoms with Gasteiger partial charge in [-0.15, -0.1) is 0 Å². The molecule has 2 N–H and O–H groups in total. The molecule has 0 saturated carbocycles. The summed E-state index contributed by atoms with van der Waals surface area (Å²) in [6.45, 7) is 3.52. The normalized spacial score (nSPS) is 15.0. The number of ether oxygens (including phenoxy) is 1. The van der Waals surface area contributed by atoms with Crippen molar-refractivity contribution < 1.29 is 9.53 Å². The number of carbonyl (C=O) groups is 1. The van der Waals surface area contributed by atoms with Crippen LogP contribution in [0.4, 0.5) is 5.82 Å². The summed E-state index contributed by atoms with van der Waals surface area (Å²) in [5.74, 6) is 0.481. The Hall–Kier alpha value is -2.67. The molecule has 1 aliphatic heterocycles. The maximum atomic E-state index is 12.9. The van der Waals surface area contributed by atoms with E-state index in [4.69, 9.17) is 4.74 Å². The van der Waals surface area contributed by atoms with Gasteiger partial charge in [-0.1, -0.05) is 0 Å². The fraction of sp³-hybridized carbons (Fsp3) is 0.389.